The maximum absolute atomic E-state index is 12.2. The first-order chi connectivity index (χ1) is 9.24. The second-order valence-corrected chi connectivity index (χ2v) is 8.24. The number of carbonyl (C=O) groups is 1. The van der Waals surface area contributed by atoms with Crippen LogP contribution in [0.5, 0.6) is 0 Å². The van der Waals surface area contributed by atoms with E-state index in [0.29, 0.717) is 23.5 Å². The molecule has 2 heteroatoms. The summed E-state index contributed by atoms with van der Waals surface area (Å²) in [5.41, 5.74) is -0.272. The summed E-state index contributed by atoms with van der Waals surface area (Å²) in [7, 11) is 0. The van der Waals surface area contributed by atoms with E-state index in [0.717, 1.165) is 32.1 Å². The summed E-state index contributed by atoms with van der Waals surface area (Å²) in [6.07, 6.45) is 8.67. The Hall–Kier alpha value is -0.370. The van der Waals surface area contributed by atoms with Gasteiger partial charge in [-0.05, 0) is 63.2 Å². The average Bonchev–Trinajstić information content (AvgIpc) is 2.66. The molecule has 116 valence electrons. The standard InChI is InChI=1S/C18H32O2/c1-13(7-5-11-17(2,3)20)14-9-10-15-16(19)8-6-12-18(14,15)4/h13-15,20H,5-12H2,1-4H3/t13-,14-,15+,18-/m1/s1. The zero-order valence-corrected chi connectivity index (χ0v) is 13.7. The predicted molar refractivity (Wildman–Crippen MR) is 82.5 cm³/mol. The Bertz CT molecular complexity index is 355. The monoisotopic (exact) mass is 280 g/mol. The number of rotatable bonds is 5. The molecule has 1 N–H and O–H groups in total. The van der Waals surface area contributed by atoms with Crippen molar-refractivity contribution in [1.82, 2.24) is 0 Å². The normalized spacial score (nSPS) is 36.0. The molecule has 2 aliphatic rings. The van der Waals surface area contributed by atoms with Crippen LogP contribution in [0.15, 0.2) is 0 Å². The van der Waals surface area contributed by atoms with Crippen LogP contribution in [0.3, 0.4) is 0 Å². The minimum atomic E-state index is -0.539. The van der Waals surface area contributed by atoms with Gasteiger partial charge in [-0.25, -0.2) is 0 Å². The van der Waals surface area contributed by atoms with Gasteiger partial charge < -0.3 is 5.11 Å². The summed E-state index contributed by atoms with van der Waals surface area (Å²) in [6, 6.07) is 0. The van der Waals surface area contributed by atoms with E-state index in [-0.39, 0.29) is 5.41 Å². The fraction of sp³-hybridized carbons (Fsp3) is 0.944. The van der Waals surface area contributed by atoms with Gasteiger partial charge in [0, 0.05) is 12.3 Å². The van der Waals surface area contributed by atoms with E-state index in [1.54, 1.807) is 0 Å². The Kier molecular flexibility index (Phi) is 4.63. The molecule has 0 heterocycles. The number of ketones is 1. The van der Waals surface area contributed by atoms with Crippen LogP contribution in [-0.2, 0) is 4.79 Å². The van der Waals surface area contributed by atoms with Gasteiger partial charge in [-0.15, -0.1) is 0 Å². The van der Waals surface area contributed by atoms with Crippen LogP contribution in [0.4, 0.5) is 0 Å². The lowest BCUT2D eigenvalue weighted by Crippen LogP contribution is -2.39. The van der Waals surface area contributed by atoms with E-state index in [9.17, 15) is 9.90 Å². The molecule has 0 unspecified atom stereocenters. The van der Waals surface area contributed by atoms with Crippen LogP contribution < -0.4 is 0 Å². The van der Waals surface area contributed by atoms with Crippen molar-refractivity contribution in [3.8, 4) is 0 Å². The molecule has 20 heavy (non-hydrogen) atoms. The zero-order chi connectivity index (χ0) is 15.0. The summed E-state index contributed by atoms with van der Waals surface area (Å²) in [5, 5.41) is 9.82. The molecule has 0 aromatic heterocycles. The first kappa shape index (κ1) is 16.0. The van der Waals surface area contributed by atoms with E-state index < -0.39 is 5.60 Å². The highest BCUT2D eigenvalue weighted by Gasteiger charge is 2.52. The Balaban J connectivity index is 1.93. The van der Waals surface area contributed by atoms with Gasteiger partial charge in [-0.1, -0.05) is 26.7 Å². The topological polar surface area (TPSA) is 37.3 Å². The number of hydrogen-bond donors (Lipinski definition) is 1. The molecule has 2 nitrogen and oxygen atoms in total. The molecule has 2 rings (SSSR count). The highest BCUT2D eigenvalue weighted by Crippen LogP contribution is 2.57. The first-order valence-corrected chi connectivity index (χ1v) is 8.49. The van der Waals surface area contributed by atoms with Gasteiger partial charge in [0.05, 0.1) is 5.60 Å². The van der Waals surface area contributed by atoms with Gasteiger partial charge in [0.25, 0.3) is 0 Å². The molecule has 0 aromatic rings. The summed E-state index contributed by atoms with van der Waals surface area (Å²) in [4.78, 5) is 12.2. The summed E-state index contributed by atoms with van der Waals surface area (Å²) in [6.45, 7) is 8.52. The van der Waals surface area contributed by atoms with E-state index in [2.05, 4.69) is 13.8 Å². The zero-order valence-electron chi connectivity index (χ0n) is 13.7. The Labute approximate surface area is 124 Å². The average molecular weight is 280 g/mol. The van der Waals surface area contributed by atoms with Crippen molar-refractivity contribution < 1.29 is 9.90 Å². The van der Waals surface area contributed by atoms with E-state index in [1.807, 2.05) is 13.8 Å². The second-order valence-electron chi connectivity index (χ2n) is 8.24. The second kappa shape index (κ2) is 5.79. The van der Waals surface area contributed by atoms with Gasteiger partial charge in [0.15, 0.2) is 0 Å². The largest absolute Gasteiger partial charge is 0.390 e. The Morgan fingerprint density at radius 3 is 2.75 bits per heavy atom. The number of carbonyl (C=O) groups excluding carboxylic acids is 1. The Morgan fingerprint density at radius 1 is 1.40 bits per heavy atom. The first-order valence-electron chi connectivity index (χ1n) is 8.49. The minimum Gasteiger partial charge on any atom is -0.390 e. The predicted octanol–water partition coefficient (Wildman–Crippen LogP) is 4.35. The maximum Gasteiger partial charge on any atom is 0.136 e. The molecule has 0 aromatic carbocycles. The molecule has 0 saturated heterocycles. The van der Waals surface area contributed by atoms with Crippen LogP contribution in [-0.4, -0.2) is 16.5 Å². The summed E-state index contributed by atoms with van der Waals surface area (Å²) < 4.78 is 0. The van der Waals surface area contributed by atoms with Crippen molar-refractivity contribution in [2.24, 2.45) is 23.2 Å². The molecule has 0 radical (unpaired) electrons. The fourth-order valence-corrected chi connectivity index (χ4v) is 4.96. The van der Waals surface area contributed by atoms with Crippen LogP contribution in [0.1, 0.15) is 79.1 Å². The molecule has 4 atom stereocenters. The van der Waals surface area contributed by atoms with Crippen molar-refractivity contribution in [3.05, 3.63) is 0 Å². The lowest BCUT2D eigenvalue weighted by Gasteiger charge is -2.42. The summed E-state index contributed by atoms with van der Waals surface area (Å²) in [5.74, 6) is 2.26. The van der Waals surface area contributed by atoms with E-state index >= 15 is 0 Å². The van der Waals surface area contributed by atoms with E-state index in [1.165, 1.54) is 19.3 Å². The number of fused-ring (bicyclic) bond motifs is 1. The molecule has 0 amide bonds. The minimum absolute atomic E-state index is 0.267. The molecule has 2 aliphatic carbocycles. The van der Waals surface area contributed by atoms with Crippen molar-refractivity contribution >= 4 is 5.78 Å². The van der Waals surface area contributed by atoms with Gasteiger partial charge in [-0.2, -0.15) is 0 Å². The Morgan fingerprint density at radius 2 is 2.10 bits per heavy atom. The molecule has 2 saturated carbocycles. The van der Waals surface area contributed by atoms with Gasteiger partial charge >= 0.3 is 0 Å². The third kappa shape index (κ3) is 3.27. The molecule has 0 spiro atoms. The fourth-order valence-electron chi connectivity index (χ4n) is 4.96. The van der Waals surface area contributed by atoms with Crippen LogP contribution >= 0.6 is 0 Å². The van der Waals surface area contributed by atoms with Crippen molar-refractivity contribution in [2.45, 2.75) is 84.7 Å². The van der Waals surface area contributed by atoms with Crippen LogP contribution in [0.25, 0.3) is 0 Å². The maximum atomic E-state index is 12.2. The number of aliphatic hydroxyl groups is 1. The molecule has 0 aliphatic heterocycles. The third-order valence-corrected chi connectivity index (χ3v) is 6.07. The SMILES string of the molecule is C[C@H](CCCC(C)(C)O)[C@H]1CC[C@H]2C(=O)CCC[C@]12C. The quantitative estimate of drug-likeness (QED) is 0.813. The molecular weight excluding hydrogens is 248 g/mol. The van der Waals surface area contributed by atoms with Gasteiger partial charge in [-0.3, -0.25) is 4.79 Å². The van der Waals surface area contributed by atoms with Crippen LogP contribution in [0, 0.1) is 23.2 Å². The number of Topliss-reactive ketones (excluding diaryl/α,β-unsaturated/α-hetero) is 1. The van der Waals surface area contributed by atoms with Gasteiger partial charge in [0.1, 0.15) is 5.78 Å². The molecule has 2 fully saturated rings. The lowest BCUT2D eigenvalue weighted by atomic mass is 9.62. The molecule has 0 bridgehead atoms. The highest BCUT2D eigenvalue weighted by atomic mass is 16.3. The lowest BCUT2D eigenvalue weighted by molar-refractivity contribution is -0.130. The van der Waals surface area contributed by atoms with Crippen LogP contribution in [0.2, 0.25) is 0 Å². The van der Waals surface area contributed by atoms with Crippen molar-refractivity contribution in [1.29, 1.82) is 0 Å². The third-order valence-electron chi connectivity index (χ3n) is 6.07. The van der Waals surface area contributed by atoms with Gasteiger partial charge in [0.2, 0.25) is 0 Å². The summed E-state index contributed by atoms with van der Waals surface area (Å²) >= 11 is 0. The highest BCUT2D eigenvalue weighted by molar-refractivity contribution is 5.83. The molecular formula is C18H32O2. The number of hydrogen-bond acceptors (Lipinski definition) is 2. The van der Waals surface area contributed by atoms with E-state index in [4.69, 9.17) is 0 Å². The van der Waals surface area contributed by atoms with Crippen molar-refractivity contribution in [3.63, 3.8) is 0 Å². The van der Waals surface area contributed by atoms with Crippen molar-refractivity contribution in [2.75, 3.05) is 0 Å². The smallest absolute Gasteiger partial charge is 0.136 e.